The number of carbonyl (C=O) groups is 1. The average Bonchev–Trinajstić information content (AvgIpc) is 3.13. The fraction of sp³-hybridized carbons (Fsp3) is 0.350. The van der Waals surface area contributed by atoms with E-state index >= 15 is 0 Å². The summed E-state index contributed by atoms with van der Waals surface area (Å²) in [6, 6.07) is 15.6. The number of ether oxygens (including phenoxy) is 1. The van der Waals surface area contributed by atoms with Crippen molar-refractivity contribution in [3.8, 4) is 5.75 Å². The maximum Gasteiger partial charge on any atom is 0.251 e. The predicted molar refractivity (Wildman–Crippen MR) is 95.1 cm³/mol. The second kappa shape index (κ2) is 7.97. The van der Waals surface area contributed by atoms with Crippen LogP contribution in [-0.2, 0) is 13.1 Å². The second-order valence-corrected chi connectivity index (χ2v) is 6.21. The summed E-state index contributed by atoms with van der Waals surface area (Å²) in [4.78, 5) is 14.7. The third-order valence-corrected chi connectivity index (χ3v) is 4.40. The zero-order valence-corrected chi connectivity index (χ0v) is 14.1. The Bertz CT molecular complexity index is 676. The highest BCUT2D eigenvalue weighted by Gasteiger charge is 2.12. The highest BCUT2D eigenvalue weighted by molar-refractivity contribution is 5.94. The first-order valence-electron chi connectivity index (χ1n) is 8.47. The number of rotatable bonds is 6. The monoisotopic (exact) mass is 324 g/mol. The van der Waals surface area contributed by atoms with E-state index in [1.807, 2.05) is 0 Å². The molecule has 1 amide bonds. The fourth-order valence-corrected chi connectivity index (χ4v) is 3.06. The first kappa shape index (κ1) is 16.5. The van der Waals surface area contributed by atoms with E-state index in [9.17, 15) is 4.79 Å². The number of amides is 1. The predicted octanol–water partition coefficient (Wildman–Crippen LogP) is 3.22. The summed E-state index contributed by atoms with van der Waals surface area (Å²) in [5, 5.41) is 2.98. The van der Waals surface area contributed by atoms with Crippen LogP contribution in [0.3, 0.4) is 0 Å². The molecule has 4 nitrogen and oxygen atoms in total. The molecule has 24 heavy (non-hydrogen) atoms. The molecule has 0 saturated carbocycles. The number of likely N-dealkylation sites (tertiary alicyclic amines) is 1. The van der Waals surface area contributed by atoms with E-state index < -0.39 is 0 Å². The second-order valence-electron chi connectivity index (χ2n) is 6.21. The Hall–Kier alpha value is -2.33. The molecule has 1 fully saturated rings. The Morgan fingerprint density at radius 1 is 1.08 bits per heavy atom. The standard InChI is InChI=1S/C20H24N2O2/c1-24-19-9-7-18(8-10-19)20(23)21-14-16-5-4-6-17(13-16)15-22-11-2-3-12-22/h4-10,13H,2-3,11-12,14-15H2,1H3,(H,21,23). The number of benzene rings is 2. The Kier molecular flexibility index (Phi) is 5.49. The van der Waals surface area contributed by atoms with Crippen LogP contribution in [0.2, 0.25) is 0 Å². The number of nitrogens with one attached hydrogen (secondary N) is 1. The zero-order chi connectivity index (χ0) is 16.8. The minimum Gasteiger partial charge on any atom is -0.497 e. The summed E-state index contributed by atoms with van der Waals surface area (Å²) in [5.41, 5.74) is 3.09. The van der Waals surface area contributed by atoms with Gasteiger partial charge in [-0.25, -0.2) is 0 Å². The van der Waals surface area contributed by atoms with E-state index in [1.54, 1.807) is 31.4 Å². The quantitative estimate of drug-likeness (QED) is 0.887. The van der Waals surface area contributed by atoms with Crippen molar-refractivity contribution in [2.24, 2.45) is 0 Å². The van der Waals surface area contributed by atoms with Gasteiger partial charge in [0.15, 0.2) is 0 Å². The first-order valence-corrected chi connectivity index (χ1v) is 8.47. The van der Waals surface area contributed by atoms with Gasteiger partial charge in [0.2, 0.25) is 0 Å². The van der Waals surface area contributed by atoms with Crippen molar-refractivity contribution >= 4 is 5.91 Å². The van der Waals surface area contributed by atoms with Gasteiger partial charge in [0, 0.05) is 18.7 Å². The topological polar surface area (TPSA) is 41.6 Å². The molecule has 0 bridgehead atoms. The largest absolute Gasteiger partial charge is 0.497 e. The van der Waals surface area contributed by atoms with E-state index in [0.29, 0.717) is 12.1 Å². The molecule has 2 aromatic rings. The van der Waals surface area contributed by atoms with Crippen molar-refractivity contribution in [3.05, 3.63) is 65.2 Å². The van der Waals surface area contributed by atoms with Crippen LogP contribution in [0.5, 0.6) is 5.75 Å². The van der Waals surface area contributed by atoms with E-state index in [0.717, 1.165) is 17.9 Å². The van der Waals surface area contributed by atoms with Crippen LogP contribution in [0.1, 0.15) is 34.3 Å². The van der Waals surface area contributed by atoms with Crippen molar-refractivity contribution in [3.63, 3.8) is 0 Å². The van der Waals surface area contributed by atoms with Gasteiger partial charge >= 0.3 is 0 Å². The van der Waals surface area contributed by atoms with Crippen molar-refractivity contribution in [2.75, 3.05) is 20.2 Å². The highest BCUT2D eigenvalue weighted by atomic mass is 16.5. The van der Waals surface area contributed by atoms with Crippen LogP contribution >= 0.6 is 0 Å². The molecular weight excluding hydrogens is 300 g/mol. The van der Waals surface area contributed by atoms with E-state index in [2.05, 4.69) is 34.5 Å². The SMILES string of the molecule is COc1ccc(C(=O)NCc2cccc(CN3CCCC3)c2)cc1. The molecule has 1 aliphatic rings. The molecule has 1 N–H and O–H groups in total. The van der Waals surface area contributed by atoms with Crippen LogP contribution in [0.25, 0.3) is 0 Å². The van der Waals surface area contributed by atoms with Gasteiger partial charge in [-0.3, -0.25) is 9.69 Å². The molecule has 1 aliphatic heterocycles. The zero-order valence-electron chi connectivity index (χ0n) is 14.1. The smallest absolute Gasteiger partial charge is 0.251 e. The minimum absolute atomic E-state index is 0.0670. The molecular formula is C20H24N2O2. The molecule has 4 heteroatoms. The molecule has 1 heterocycles. The normalized spacial score (nSPS) is 14.5. The van der Waals surface area contributed by atoms with E-state index in [4.69, 9.17) is 4.74 Å². The lowest BCUT2D eigenvalue weighted by Crippen LogP contribution is -2.23. The van der Waals surface area contributed by atoms with Gasteiger partial charge in [-0.15, -0.1) is 0 Å². The molecule has 0 unspecified atom stereocenters. The van der Waals surface area contributed by atoms with Crippen molar-refractivity contribution < 1.29 is 9.53 Å². The van der Waals surface area contributed by atoms with Crippen molar-refractivity contribution in [1.29, 1.82) is 0 Å². The number of methoxy groups -OCH3 is 1. The summed E-state index contributed by atoms with van der Waals surface area (Å²) >= 11 is 0. The van der Waals surface area contributed by atoms with Gasteiger partial charge in [-0.05, 0) is 61.3 Å². The average molecular weight is 324 g/mol. The lowest BCUT2D eigenvalue weighted by atomic mass is 10.1. The van der Waals surface area contributed by atoms with Gasteiger partial charge < -0.3 is 10.1 Å². The molecule has 0 atom stereocenters. The maximum absolute atomic E-state index is 12.2. The molecule has 0 radical (unpaired) electrons. The summed E-state index contributed by atoms with van der Waals surface area (Å²) < 4.78 is 5.11. The number of carbonyl (C=O) groups excluding carboxylic acids is 1. The van der Waals surface area contributed by atoms with Gasteiger partial charge in [-0.1, -0.05) is 24.3 Å². The molecule has 1 saturated heterocycles. The molecule has 0 spiro atoms. The summed E-state index contributed by atoms with van der Waals surface area (Å²) in [5.74, 6) is 0.684. The molecule has 0 aliphatic carbocycles. The molecule has 0 aromatic heterocycles. The van der Waals surface area contributed by atoms with Crippen molar-refractivity contribution in [2.45, 2.75) is 25.9 Å². The molecule has 126 valence electrons. The number of hydrogen-bond acceptors (Lipinski definition) is 3. The van der Waals surface area contributed by atoms with Crippen molar-refractivity contribution in [1.82, 2.24) is 10.2 Å². The molecule has 2 aromatic carbocycles. The van der Waals surface area contributed by atoms with Gasteiger partial charge in [-0.2, -0.15) is 0 Å². The molecule has 3 rings (SSSR count). The van der Waals surface area contributed by atoms with Gasteiger partial charge in [0.1, 0.15) is 5.75 Å². The third-order valence-electron chi connectivity index (χ3n) is 4.40. The Labute approximate surface area is 143 Å². The fourth-order valence-electron chi connectivity index (χ4n) is 3.06. The van der Waals surface area contributed by atoms with Crippen LogP contribution < -0.4 is 10.1 Å². The van der Waals surface area contributed by atoms with Crippen LogP contribution in [0.4, 0.5) is 0 Å². The summed E-state index contributed by atoms with van der Waals surface area (Å²) in [6.45, 7) is 3.93. The Morgan fingerprint density at radius 2 is 1.79 bits per heavy atom. The number of hydrogen-bond donors (Lipinski definition) is 1. The van der Waals surface area contributed by atoms with Crippen LogP contribution in [0.15, 0.2) is 48.5 Å². The van der Waals surface area contributed by atoms with E-state index in [-0.39, 0.29) is 5.91 Å². The Balaban J connectivity index is 1.56. The van der Waals surface area contributed by atoms with E-state index in [1.165, 1.54) is 31.5 Å². The summed E-state index contributed by atoms with van der Waals surface area (Å²) in [6.07, 6.45) is 2.61. The van der Waals surface area contributed by atoms with Gasteiger partial charge in [0.25, 0.3) is 5.91 Å². The lowest BCUT2D eigenvalue weighted by Gasteiger charge is -2.15. The third kappa shape index (κ3) is 4.36. The minimum atomic E-state index is -0.0670. The first-order chi connectivity index (χ1) is 11.7. The highest BCUT2D eigenvalue weighted by Crippen LogP contribution is 2.14. The van der Waals surface area contributed by atoms with Crippen LogP contribution in [0, 0.1) is 0 Å². The Morgan fingerprint density at radius 3 is 2.50 bits per heavy atom. The van der Waals surface area contributed by atoms with Gasteiger partial charge in [0.05, 0.1) is 7.11 Å². The summed E-state index contributed by atoms with van der Waals surface area (Å²) in [7, 11) is 1.62. The number of nitrogens with zero attached hydrogens (tertiary/aromatic N) is 1. The lowest BCUT2D eigenvalue weighted by molar-refractivity contribution is 0.0951. The van der Waals surface area contributed by atoms with Crippen LogP contribution in [-0.4, -0.2) is 31.0 Å². The maximum atomic E-state index is 12.2.